The van der Waals surface area contributed by atoms with E-state index in [1.165, 1.54) is 12.8 Å². The summed E-state index contributed by atoms with van der Waals surface area (Å²) in [6.45, 7) is 4.42. The summed E-state index contributed by atoms with van der Waals surface area (Å²) in [5.74, 6) is 0.612. The van der Waals surface area contributed by atoms with Crippen molar-refractivity contribution in [3.05, 3.63) is 52.8 Å². The number of benzene rings is 1. The molecule has 2 heterocycles. The van der Waals surface area contributed by atoms with Crippen molar-refractivity contribution in [2.24, 2.45) is 5.92 Å². The van der Waals surface area contributed by atoms with E-state index in [1.807, 2.05) is 30.3 Å². The monoisotopic (exact) mass is 373 g/mol. The van der Waals surface area contributed by atoms with Gasteiger partial charge in [0.15, 0.2) is 0 Å². The van der Waals surface area contributed by atoms with E-state index < -0.39 is 0 Å². The number of aromatic nitrogens is 1. The Morgan fingerprint density at radius 2 is 1.87 bits per heavy atom. The van der Waals surface area contributed by atoms with E-state index in [1.54, 1.807) is 12.3 Å². The van der Waals surface area contributed by atoms with Crippen molar-refractivity contribution < 1.29 is 4.79 Å². The van der Waals surface area contributed by atoms with Gasteiger partial charge in [-0.3, -0.25) is 4.79 Å². The molecule has 1 aromatic carbocycles. The van der Waals surface area contributed by atoms with Gasteiger partial charge in [0, 0.05) is 23.2 Å². The van der Waals surface area contributed by atoms with Gasteiger partial charge in [0.25, 0.3) is 5.91 Å². The second kappa shape index (κ2) is 7.13. The zero-order chi connectivity index (χ0) is 16.2. The molecule has 1 N–H and O–H groups in total. The highest BCUT2D eigenvalue weighted by Gasteiger charge is 2.16. The van der Waals surface area contributed by atoms with Crippen LogP contribution in [0, 0.1) is 5.92 Å². The minimum Gasteiger partial charge on any atom is -0.370 e. The maximum atomic E-state index is 12.2. The molecule has 0 saturated carbocycles. The molecule has 5 heteroatoms. The van der Waals surface area contributed by atoms with Gasteiger partial charge >= 0.3 is 0 Å². The Hall–Kier alpha value is -1.88. The van der Waals surface area contributed by atoms with Crippen LogP contribution < -0.4 is 10.2 Å². The first-order chi connectivity index (χ1) is 11.1. The molecule has 4 nitrogen and oxygen atoms in total. The van der Waals surface area contributed by atoms with Crippen molar-refractivity contribution in [1.82, 2.24) is 4.98 Å². The average Bonchev–Trinajstić information content (AvgIpc) is 2.58. The van der Waals surface area contributed by atoms with Gasteiger partial charge in [-0.15, -0.1) is 0 Å². The van der Waals surface area contributed by atoms with Gasteiger partial charge < -0.3 is 10.2 Å². The fraction of sp³-hybridized carbons (Fsp3) is 0.333. The lowest BCUT2D eigenvalue weighted by Gasteiger charge is -2.31. The van der Waals surface area contributed by atoms with Crippen LogP contribution in [0.1, 0.15) is 30.3 Å². The van der Waals surface area contributed by atoms with Gasteiger partial charge in [-0.2, -0.15) is 0 Å². The van der Waals surface area contributed by atoms with E-state index in [0.717, 1.165) is 34.9 Å². The lowest BCUT2D eigenvalue weighted by atomic mass is 9.99. The molecule has 0 unspecified atom stereocenters. The molecule has 1 aromatic heterocycles. The SMILES string of the molecule is CC1CCN(c2ccc(C(=O)Nc3ccc(Br)cc3)nc2)CC1. The third-order valence-corrected chi connectivity index (χ3v) is 4.76. The molecule has 1 fully saturated rings. The van der Waals surface area contributed by atoms with Crippen molar-refractivity contribution in [2.75, 3.05) is 23.3 Å². The highest BCUT2D eigenvalue weighted by Crippen LogP contribution is 2.22. The second-order valence-electron chi connectivity index (χ2n) is 6.03. The molecule has 0 radical (unpaired) electrons. The van der Waals surface area contributed by atoms with Crippen LogP contribution in [0.4, 0.5) is 11.4 Å². The van der Waals surface area contributed by atoms with Crippen molar-refractivity contribution in [1.29, 1.82) is 0 Å². The number of hydrogen-bond acceptors (Lipinski definition) is 3. The molecule has 0 bridgehead atoms. The summed E-state index contributed by atoms with van der Waals surface area (Å²) in [5, 5.41) is 2.85. The number of hydrogen-bond donors (Lipinski definition) is 1. The number of carbonyl (C=O) groups excluding carboxylic acids is 1. The van der Waals surface area contributed by atoms with Crippen LogP contribution in [0.2, 0.25) is 0 Å². The smallest absolute Gasteiger partial charge is 0.274 e. The van der Waals surface area contributed by atoms with Gasteiger partial charge in [0.05, 0.1) is 11.9 Å². The first kappa shape index (κ1) is 16.0. The first-order valence-electron chi connectivity index (χ1n) is 7.90. The molecule has 0 aliphatic carbocycles. The van der Waals surface area contributed by atoms with Gasteiger partial charge in [0.1, 0.15) is 5.69 Å². The Labute approximate surface area is 145 Å². The van der Waals surface area contributed by atoms with Gasteiger partial charge in [-0.1, -0.05) is 22.9 Å². The first-order valence-corrected chi connectivity index (χ1v) is 8.69. The Bertz CT molecular complexity index is 662. The minimum absolute atomic E-state index is 0.189. The number of piperidine rings is 1. The highest BCUT2D eigenvalue weighted by molar-refractivity contribution is 9.10. The Kier molecular flexibility index (Phi) is 4.96. The number of carbonyl (C=O) groups is 1. The predicted molar refractivity (Wildman–Crippen MR) is 96.9 cm³/mol. The summed E-state index contributed by atoms with van der Waals surface area (Å²) in [6.07, 6.45) is 4.23. The van der Waals surface area contributed by atoms with E-state index >= 15 is 0 Å². The topological polar surface area (TPSA) is 45.2 Å². The molecule has 1 saturated heterocycles. The van der Waals surface area contributed by atoms with Crippen molar-refractivity contribution in [3.8, 4) is 0 Å². The normalized spacial score (nSPS) is 15.5. The van der Waals surface area contributed by atoms with Crippen molar-refractivity contribution in [3.63, 3.8) is 0 Å². The van der Waals surface area contributed by atoms with Gasteiger partial charge in [-0.05, 0) is 55.2 Å². The van der Waals surface area contributed by atoms with Crippen LogP contribution in [0.5, 0.6) is 0 Å². The molecule has 120 valence electrons. The average molecular weight is 374 g/mol. The van der Waals surface area contributed by atoms with Crippen molar-refractivity contribution in [2.45, 2.75) is 19.8 Å². The molecular formula is C18H20BrN3O. The van der Waals surface area contributed by atoms with Crippen LogP contribution in [-0.2, 0) is 0 Å². The van der Waals surface area contributed by atoms with Gasteiger partial charge in [-0.25, -0.2) is 4.98 Å². The van der Waals surface area contributed by atoms with E-state index in [4.69, 9.17) is 0 Å². The predicted octanol–water partition coefficient (Wildman–Crippen LogP) is 4.33. The minimum atomic E-state index is -0.189. The zero-order valence-electron chi connectivity index (χ0n) is 13.1. The molecule has 0 atom stereocenters. The fourth-order valence-corrected chi connectivity index (χ4v) is 2.97. The number of halogens is 1. The maximum Gasteiger partial charge on any atom is 0.274 e. The number of anilines is 2. The number of amides is 1. The Balaban J connectivity index is 1.64. The molecule has 3 rings (SSSR count). The fourth-order valence-electron chi connectivity index (χ4n) is 2.70. The third-order valence-electron chi connectivity index (χ3n) is 4.23. The Morgan fingerprint density at radius 1 is 1.17 bits per heavy atom. The summed E-state index contributed by atoms with van der Waals surface area (Å²) < 4.78 is 0.980. The largest absolute Gasteiger partial charge is 0.370 e. The van der Waals surface area contributed by atoms with Gasteiger partial charge in [0.2, 0.25) is 0 Å². The van der Waals surface area contributed by atoms with Crippen molar-refractivity contribution >= 4 is 33.2 Å². The van der Waals surface area contributed by atoms with Crippen LogP contribution in [0.15, 0.2) is 47.1 Å². The van der Waals surface area contributed by atoms with Crippen LogP contribution in [0.3, 0.4) is 0 Å². The summed E-state index contributed by atoms with van der Waals surface area (Å²) in [6, 6.07) is 11.3. The number of nitrogens with zero attached hydrogens (tertiary/aromatic N) is 2. The quantitative estimate of drug-likeness (QED) is 0.870. The summed E-state index contributed by atoms with van der Waals surface area (Å²) >= 11 is 3.38. The third kappa shape index (κ3) is 4.10. The lowest BCUT2D eigenvalue weighted by molar-refractivity contribution is 0.102. The van der Waals surface area contributed by atoms with E-state index in [9.17, 15) is 4.79 Å². The molecule has 1 aliphatic heterocycles. The maximum absolute atomic E-state index is 12.2. The summed E-state index contributed by atoms with van der Waals surface area (Å²) in [5.41, 5.74) is 2.29. The summed E-state index contributed by atoms with van der Waals surface area (Å²) in [7, 11) is 0. The van der Waals surface area contributed by atoms with Crippen LogP contribution >= 0.6 is 15.9 Å². The molecular weight excluding hydrogens is 354 g/mol. The molecule has 0 spiro atoms. The lowest BCUT2D eigenvalue weighted by Crippen LogP contribution is -2.32. The van der Waals surface area contributed by atoms with Crippen LogP contribution in [0.25, 0.3) is 0 Å². The van der Waals surface area contributed by atoms with E-state index in [0.29, 0.717) is 5.69 Å². The number of nitrogens with one attached hydrogen (secondary N) is 1. The second-order valence-corrected chi connectivity index (χ2v) is 6.95. The number of pyridine rings is 1. The van der Waals surface area contributed by atoms with E-state index in [2.05, 4.69) is 38.1 Å². The molecule has 1 aliphatic rings. The summed E-state index contributed by atoms with van der Waals surface area (Å²) in [4.78, 5) is 18.9. The highest BCUT2D eigenvalue weighted by atomic mass is 79.9. The Morgan fingerprint density at radius 3 is 2.48 bits per heavy atom. The van der Waals surface area contributed by atoms with Crippen LogP contribution in [-0.4, -0.2) is 24.0 Å². The molecule has 2 aromatic rings. The molecule has 1 amide bonds. The standard InChI is InChI=1S/C18H20BrN3O/c1-13-8-10-22(11-9-13)16-6-7-17(20-12-16)18(23)21-15-4-2-14(19)3-5-15/h2-7,12-13H,8-11H2,1H3,(H,21,23). The molecule has 23 heavy (non-hydrogen) atoms. The number of rotatable bonds is 3. The zero-order valence-corrected chi connectivity index (χ0v) is 14.7. The van der Waals surface area contributed by atoms with E-state index in [-0.39, 0.29) is 5.91 Å².